The van der Waals surface area contributed by atoms with Crippen molar-refractivity contribution in [3.05, 3.63) is 33.9 Å². The molecule has 3 rings (SSSR count). The van der Waals surface area contributed by atoms with Crippen molar-refractivity contribution in [2.75, 3.05) is 11.9 Å². The second-order valence-corrected chi connectivity index (χ2v) is 7.86. The number of esters is 1. The molecule has 1 aliphatic heterocycles. The Hall–Kier alpha value is -3.51. The molecule has 3 amide bonds. The van der Waals surface area contributed by atoms with Crippen LogP contribution in [0.3, 0.4) is 0 Å². The van der Waals surface area contributed by atoms with E-state index in [0.29, 0.717) is 18.9 Å². The summed E-state index contributed by atoms with van der Waals surface area (Å²) in [6.07, 6.45) is -2.29. The van der Waals surface area contributed by atoms with Crippen LogP contribution in [0.25, 0.3) is 0 Å². The van der Waals surface area contributed by atoms with E-state index in [9.17, 15) is 42.5 Å². The van der Waals surface area contributed by atoms with Gasteiger partial charge in [-0.3, -0.25) is 29.4 Å². The molecule has 2 aliphatic rings. The van der Waals surface area contributed by atoms with E-state index in [-0.39, 0.29) is 6.07 Å². The predicted octanol–water partition coefficient (Wildman–Crippen LogP) is 2.66. The molecule has 0 unspecified atom stereocenters. The van der Waals surface area contributed by atoms with Gasteiger partial charge in [-0.1, -0.05) is 12.8 Å². The van der Waals surface area contributed by atoms with Gasteiger partial charge in [-0.15, -0.1) is 0 Å². The monoisotopic (exact) mass is 471 g/mol. The number of nitro benzene ring substituents is 1. The summed E-state index contributed by atoms with van der Waals surface area (Å²) in [4.78, 5) is 60.0. The Labute approximate surface area is 185 Å². The molecular formula is C20H20F3N3O7. The normalized spacial score (nSPS) is 21.4. The summed E-state index contributed by atoms with van der Waals surface area (Å²) in [5.41, 5.74) is -3.02. The lowest BCUT2D eigenvalue weighted by atomic mass is 9.81. The number of benzene rings is 1. The number of hydrogen-bond acceptors (Lipinski definition) is 7. The number of ether oxygens (including phenoxy) is 1. The Balaban J connectivity index is 1.63. The van der Waals surface area contributed by atoms with Crippen LogP contribution < -0.4 is 5.32 Å². The highest BCUT2D eigenvalue weighted by Crippen LogP contribution is 2.39. The van der Waals surface area contributed by atoms with Crippen LogP contribution in [-0.2, 0) is 30.1 Å². The van der Waals surface area contributed by atoms with E-state index >= 15 is 0 Å². The Morgan fingerprint density at radius 1 is 1.21 bits per heavy atom. The number of imide groups is 1. The number of non-ortho nitro benzene ring substituents is 1. The second-order valence-electron chi connectivity index (χ2n) is 7.86. The molecule has 178 valence electrons. The fourth-order valence-corrected chi connectivity index (χ4v) is 4.11. The van der Waals surface area contributed by atoms with Gasteiger partial charge in [0.05, 0.1) is 28.0 Å². The van der Waals surface area contributed by atoms with Crippen LogP contribution in [0.15, 0.2) is 18.2 Å². The fraction of sp³-hybridized carbons (Fsp3) is 0.500. The first kappa shape index (κ1) is 24.1. The van der Waals surface area contributed by atoms with Crippen LogP contribution in [0.2, 0.25) is 0 Å². The Morgan fingerprint density at radius 2 is 1.79 bits per heavy atom. The van der Waals surface area contributed by atoms with E-state index in [1.165, 1.54) is 6.92 Å². The maximum Gasteiger partial charge on any atom is 0.418 e. The molecule has 1 heterocycles. The standard InChI is InChI=1S/C20H20F3N3O7/c1-10(25-17(28)12-4-2-3-5-13(12)18(25)29)19(30)33-9-16(27)24-15-7-6-11(26(31)32)8-14(15)20(21,22)23/h6-8,10,12-13H,2-5,9H2,1H3,(H,24,27)/t10-,12-,13+/m0/s1. The third kappa shape index (κ3) is 4.96. The zero-order chi connectivity index (χ0) is 24.5. The molecule has 0 radical (unpaired) electrons. The molecule has 1 saturated carbocycles. The van der Waals surface area contributed by atoms with Crippen molar-refractivity contribution in [1.29, 1.82) is 0 Å². The third-order valence-electron chi connectivity index (χ3n) is 5.74. The van der Waals surface area contributed by atoms with Crippen LogP contribution in [0.5, 0.6) is 0 Å². The van der Waals surface area contributed by atoms with Crippen molar-refractivity contribution in [1.82, 2.24) is 4.90 Å². The SMILES string of the molecule is C[C@@H](C(=O)OCC(=O)Nc1ccc([N+](=O)[O-])cc1C(F)(F)F)N1C(=O)[C@H]2CCCC[C@H]2C1=O. The smallest absolute Gasteiger partial charge is 0.418 e. The highest BCUT2D eigenvalue weighted by atomic mass is 19.4. The predicted molar refractivity (Wildman–Crippen MR) is 104 cm³/mol. The lowest BCUT2D eigenvalue weighted by molar-refractivity contribution is -0.385. The molecule has 3 atom stereocenters. The lowest BCUT2D eigenvalue weighted by Gasteiger charge is -2.21. The summed E-state index contributed by atoms with van der Waals surface area (Å²) in [5, 5.41) is 12.6. The summed E-state index contributed by atoms with van der Waals surface area (Å²) in [5.74, 6) is -4.10. The highest BCUT2D eigenvalue weighted by molar-refractivity contribution is 6.08. The number of rotatable bonds is 6. The van der Waals surface area contributed by atoms with Gasteiger partial charge in [0.25, 0.3) is 11.6 Å². The Bertz CT molecular complexity index is 987. The van der Waals surface area contributed by atoms with E-state index in [4.69, 9.17) is 4.74 Å². The first-order valence-electron chi connectivity index (χ1n) is 10.1. The zero-order valence-corrected chi connectivity index (χ0v) is 17.4. The van der Waals surface area contributed by atoms with Gasteiger partial charge in [0, 0.05) is 12.1 Å². The average Bonchev–Trinajstić information content (AvgIpc) is 3.01. The molecule has 1 aromatic carbocycles. The maximum absolute atomic E-state index is 13.2. The van der Waals surface area contributed by atoms with Crippen molar-refractivity contribution in [3.8, 4) is 0 Å². The number of fused-ring (bicyclic) bond motifs is 1. The Kier molecular flexibility index (Phi) is 6.70. The van der Waals surface area contributed by atoms with Crippen molar-refractivity contribution in [3.63, 3.8) is 0 Å². The molecule has 0 spiro atoms. The number of hydrogen-bond donors (Lipinski definition) is 1. The van der Waals surface area contributed by atoms with Gasteiger partial charge < -0.3 is 10.1 Å². The van der Waals surface area contributed by atoms with Gasteiger partial charge in [-0.25, -0.2) is 4.79 Å². The molecule has 0 bridgehead atoms. The summed E-state index contributed by atoms with van der Waals surface area (Å²) >= 11 is 0. The highest BCUT2D eigenvalue weighted by Gasteiger charge is 2.51. The van der Waals surface area contributed by atoms with Crippen LogP contribution in [0.1, 0.15) is 38.2 Å². The number of alkyl halides is 3. The van der Waals surface area contributed by atoms with E-state index in [1.54, 1.807) is 0 Å². The van der Waals surface area contributed by atoms with Gasteiger partial charge in [0.15, 0.2) is 6.61 Å². The number of carbonyl (C=O) groups is 4. The van der Waals surface area contributed by atoms with Crippen molar-refractivity contribution in [2.24, 2.45) is 11.8 Å². The molecule has 1 aliphatic carbocycles. The van der Waals surface area contributed by atoms with E-state index in [2.05, 4.69) is 0 Å². The molecule has 1 aromatic rings. The molecular weight excluding hydrogens is 451 g/mol. The molecule has 13 heteroatoms. The Morgan fingerprint density at radius 3 is 2.30 bits per heavy atom. The third-order valence-corrected chi connectivity index (χ3v) is 5.74. The minimum atomic E-state index is -4.99. The van der Waals surface area contributed by atoms with Crippen molar-refractivity contribution < 1.29 is 42.0 Å². The largest absolute Gasteiger partial charge is 0.454 e. The van der Waals surface area contributed by atoms with Crippen LogP contribution in [-0.4, -0.2) is 46.2 Å². The number of halogens is 3. The van der Waals surface area contributed by atoms with Crippen LogP contribution in [0.4, 0.5) is 24.5 Å². The summed E-state index contributed by atoms with van der Waals surface area (Å²) in [7, 11) is 0. The van der Waals surface area contributed by atoms with Gasteiger partial charge in [0.1, 0.15) is 6.04 Å². The lowest BCUT2D eigenvalue weighted by Crippen LogP contribution is -2.45. The number of nitrogens with one attached hydrogen (secondary N) is 1. The first-order chi connectivity index (χ1) is 15.4. The number of likely N-dealkylation sites (tertiary alicyclic amines) is 1. The number of nitro groups is 1. The topological polar surface area (TPSA) is 136 Å². The molecule has 2 fully saturated rings. The van der Waals surface area contributed by atoms with Gasteiger partial charge >= 0.3 is 12.1 Å². The molecule has 1 N–H and O–H groups in total. The van der Waals surface area contributed by atoms with E-state index in [0.717, 1.165) is 23.8 Å². The molecule has 1 saturated heterocycles. The summed E-state index contributed by atoms with van der Waals surface area (Å²) in [6, 6.07) is 0.470. The fourth-order valence-electron chi connectivity index (χ4n) is 4.11. The summed E-state index contributed by atoms with van der Waals surface area (Å²) < 4.78 is 44.4. The zero-order valence-electron chi connectivity index (χ0n) is 17.4. The van der Waals surface area contributed by atoms with Gasteiger partial charge in [-0.2, -0.15) is 13.2 Å². The van der Waals surface area contributed by atoms with E-state index < -0.39 is 76.2 Å². The van der Waals surface area contributed by atoms with E-state index in [1.807, 2.05) is 5.32 Å². The molecule has 0 aromatic heterocycles. The quantitative estimate of drug-likeness (QED) is 0.292. The minimum Gasteiger partial charge on any atom is -0.454 e. The molecule has 33 heavy (non-hydrogen) atoms. The number of amides is 3. The first-order valence-corrected chi connectivity index (χ1v) is 10.1. The van der Waals surface area contributed by atoms with Crippen molar-refractivity contribution >= 4 is 35.1 Å². The van der Waals surface area contributed by atoms with Crippen LogP contribution >= 0.6 is 0 Å². The minimum absolute atomic E-state index is 0.272. The molecule has 10 nitrogen and oxygen atoms in total. The maximum atomic E-state index is 13.2. The van der Waals surface area contributed by atoms with Crippen molar-refractivity contribution in [2.45, 2.75) is 44.8 Å². The average molecular weight is 471 g/mol. The van der Waals surface area contributed by atoms with Crippen LogP contribution in [0, 0.1) is 22.0 Å². The van der Waals surface area contributed by atoms with Gasteiger partial charge in [0.2, 0.25) is 11.8 Å². The van der Waals surface area contributed by atoms with Gasteiger partial charge in [-0.05, 0) is 25.8 Å². The number of nitrogens with zero attached hydrogens (tertiary/aromatic N) is 2. The number of carbonyl (C=O) groups excluding carboxylic acids is 4. The summed E-state index contributed by atoms with van der Waals surface area (Å²) in [6.45, 7) is 0.284. The number of anilines is 1. The second kappa shape index (κ2) is 9.16.